The third-order valence-corrected chi connectivity index (χ3v) is 6.35. The maximum absolute atomic E-state index is 13.2. The highest BCUT2D eigenvalue weighted by Gasteiger charge is 2.36. The summed E-state index contributed by atoms with van der Waals surface area (Å²) in [4.78, 5) is 44.0. The summed E-state index contributed by atoms with van der Waals surface area (Å²) in [5, 5.41) is 3.11. The van der Waals surface area contributed by atoms with E-state index < -0.39 is 0 Å². The molecule has 1 aromatic rings. The van der Waals surface area contributed by atoms with E-state index in [2.05, 4.69) is 5.32 Å². The fraction of sp³-hybridized carbons (Fsp3) is 0.591. The van der Waals surface area contributed by atoms with Crippen LogP contribution in [-0.2, 0) is 9.59 Å². The van der Waals surface area contributed by atoms with Gasteiger partial charge < -0.3 is 20.0 Å². The van der Waals surface area contributed by atoms with Crippen molar-refractivity contribution in [1.82, 2.24) is 20.0 Å². The van der Waals surface area contributed by atoms with Crippen LogP contribution in [0.2, 0.25) is 0 Å². The fourth-order valence-corrected chi connectivity index (χ4v) is 4.80. The molecule has 1 N–H and O–H groups in total. The molecular formula is C22H30N4O3. The van der Waals surface area contributed by atoms with Gasteiger partial charge in [0.2, 0.25) is 11.8 Å². The predicted molar refractivity (Wildman–Crippen MR) is 109 cm³/mol. The molecule has 1 aromatic carbocycles. The highest BCUT2D eigenvalue weighted by Crippen LogP contribution is 2.24. The first-order valence-corrected chi connectivity index (χ1v) is 10.8. The Labute approximate surface area is 172 Å². The van der Waals surface area contributed by atoms with E-state index in [1.165, 1.54) is 0 Å². The standard InChI is InChI=1S/C22H30N4O3/c27-20-14-23-10-13-26(20)19-9-5-12-25(16-19)22(29)18-8-4-11-24(15-18)21(28)17-6-2-1-3-7-17/h1-3,6-7,18-19,23H,4-5,8-16H2. The number of hydrogen-bond acceptors (Lipinski definition) is 4. The summed E-state index contributed by atoms with van der Waals surface area (Å²) in [5.41, 5.74) is 0.677. The van der Waals surface area contributed by atoms with Gasteiger partial charge in [-0.2, -0.15) is 0 Å². The van der Waals surface area contributed by atoms with E-state index in [0.717, 1.165) is 38.8 Å². The van der Waals surface area contributed by atoms with E-state index in [0.29, 0.717) is 38.3 Å². The fourth-order valence-electron chi connectivity index (χ4n) is 4.80. The zero-order valence-corrected chi connectivity index (χ0v) is 16.9. The second kappa shape index (κ2) is 8.95. The van der Waals surface area contributed by atoms with Gasteiger partial charge in [0.05, 0.1) is 12.5 Å². The van der Waals surface area contributed by atoms with Crippen LogP contribution in [0, 0.1) is 5.92 Å². The molecule has 0 saturated carbocycles. The number of piperidine rings is 2. The molecule has 0 aliphatic carbocycles. The molecule has 3 fully saturated rings. The van der Waals surface area contributed by atoms with Gasteiger partial charge >= 0.3 is 0 Å². The molecule has 7 heteroatoms. The lowest BCUT2D eigenvalue weighted by Crippen LogP contribution is -2.58. The van der Waals surface area contributed by atoms with Crippen LogP contribution in [0.15, 0.2) is 30.3 Å². The molecule has 7 nitrogen and oxygen atoms in total. The number of likely N-dealkylation sites (tertiary alicyclic amines) is 2. The molecule has 4 rings (SSSR count). The van der Waals surface area contributed by atoms with E-state index in [1.54, 1.807) is 0 Å². The van der Waals surface area contributed by atoms with Crippen molar-refractivity contribution in [2.45, 2.75) is 31.7 Å². The quantitative estimate of drug-likeness (QED) is 0.823. The van der Waals surface area contributed by atoms with Crippen LogP contribution in [0.1, 0.15) is 36.0 Å². The predicted octanol–water partition coefficient (Wildman–Crippen LogP) is 0.962. The van der Waals surface area contributed by atoms with Crippen LogP contribution < -0.4 is 5.32 Å². The van der Waals surface area contributed by atoms with Crippen molar-refractivity contribution in [3.63, 3.8) is 0 Å². The lowest BCUT2D eigenvalue weighted by molar-refractivity contribution is -0.143. The maximum atomic E-state index is 13.2. The lowest BCUT2D eigenvalue weighted by Gasteiger charge is -2.42. The van der Waals surface area contributed by atoms with Gasteiger partial charge in [0, 0.05) is 50.9 Å². The largest absolute Gasteiger partial charge is 0.340 e. The molecular weight excluding hydrogens is 368 g/mol. The van der Waals surface area contributed by atoms with Crippen molar-refractivity contribution >= 4 is 17.7 Å². The zero-order valence-electron chi connectivity index (χ0n) is 16.9. The minimum absolute atomic E-state index is 0.00559. The first-order valence-electron chi connectivity index (χ1n) is 10.8. The number of nitrogens with one attached hydrogen (secondary N) is 1. The molecule has 0 aromatic heterocycles. The van der Waals surface area contributed by atoms with E-state index in [9.17, 15) is 14.4 Å². The SMILES string of the molecule is O=C(c1ccccc1)N1CCCC(C(=O)N2CCCC(N3CCNCC3=O)C2)C1. The van der Waals surface area contributed by atoms with Gasteiger partial charge in [0.25, 0.3) is 5.91 Å². The summed E-state index contributed by atoms with van der Waals surface area (Å²) in [5.74, 6) is 0.135. The van der Waals surface area contributed by atoms with Gasteiger partial charge in [0.15, 0.2) is 0 Å². The Morgan fingerprint density at radius 2 is 1.69 bits per heavy atom. The summed E-state index contributed by atoms with van der Waals surface area (Å²) in [6.45, 7) is 4.48. The van der Waals surface area contributed by atoms with Crippen LogP contribution in [0.3, 0.4) is 0 Å². The van der Waals surface area contributed by atoms with E-state index in [1.807, 2.05) is 45.0 Å². The average molecular weight is 399 g/mol. The molecule has 2 unspecified atom stereocenters. The number of carbonyl (C=O) groups excluding carboxylic acids is 3. The minimum atomic E-state index is -0.145. The summed E-state index contributed by atoms with van der Waals surface area (Å²) < 4.78 is 0. The van der Waals surface area contributed by atoms with Crippen molar-refractivity contribution < 1.29 is 14.4 Å². The number of hydrogen-bond donors (Lipinski definition) is 1. The Morgan fingerprint density at radius 3 is 2.48 bits per heavy atom. The molecule has 0 radical (unpaired) electrons. The summed E-state index contributed by atoms with van der Waals surface area (Å²) in [7, 11) is 0. The van der Waals surface area contributed by atoms with Crippen molar-refractivity contribution in [1.29, 1.82) is 0 Å². The second-order valence-electron chi connectivity index (χ2n) is 8.30. The normalized spacial score (nSPS) is 25.8. The molecule has 3 aliphatic rings. The number of piperazine rings is 1. The maximum Gasteiger partial charge on any atom is 0.253 e. The topological polar surface area (TPSA) is 73.0 Å². The number of rotatable bonds is 3. The molecule has 0 bridgehead atoms. The number of carbonyl (C=O) groups is 3. The second-order valence-corrected chi connectivity index (χ2v) is 8.30. The lowest BCUT2D eigenvalue weighted by atomic mass is 9.94. The van der Waals surface area contributed by atoms with Crippen molar-refractivity contribution in [3.8, 4) is 0 Å². The van der Waals surface area contributed by atoms with Gasteiger partial charge in [-0.05, 0) is 37.8 Å². The van der Waals surface area contributed by atoms with E-state index in [-0.39, 0.29) is 29.7 Å². The monoisotopic (exact) mass is 398 g/mol. The summed E-state index contributed by atoms with van der Waals surface area (Å²) in [6.07, 6.45) is 3.56. The average Bonchev–Trinajstić information content (AvgIpc) is 2.79. The third kappa shape index (κ3) is 4.45. The van der Waals surface area contributed by atoms with Crippen LogP contribution in [-0.4, -0.2) is 84.3 Å². The molecule has 29 heavy (non-hydrogen) atoms. The highest BCUT2D eigenvalue weighted by atomic mass is 16.2. The molecule has 3 amide bonds. The van der Waals surface area contributed by atoms with Crippen LogP contribution in [0.25, 0.3) is 0 Å². The van der Waals surface area contributed by atoms with Gasteiger partial charge in [0.1, 0.15) is 0 Å². The smallest absolute Gasteiger partial charge is 0.253 e. The van der Waals surface area contributed by atoms with Gasteiger partial charge in [-0.15, -0.1) is 0 Å². The van der Waals surface area contributed by atoms with Crippen LogP contribution in [0.5, 0.6) is 0 Å². The Morgan fingerprint density at radius 1 is 0.931 bits per heavy atom. The molecule has 2 atom stereocenters. The number of amides is 3. The third-order valence-electron chi connectivity index (χ3n) is 6.35. The van der Waals surface area contributed by atoms with Crippen molar-refractivity contribution in [3.05, 3.63) is 35.9 Å². The summed E-state index contributed by atoms with van der Waals surface area (Å²) >= 11 is 0. The first-order chi connectivity index (χ1) is 14.1. The van der Waals surface area contributed by atoms with Crippen LogP contribution in [0.4, 0.5) is 0 Å². The van der Waals surface area contributed by atoms with Crippen LogP contribution >= 0.6 is 0 Å². The first kappa shape index (κ1) is 19.9. The minimum Gasteiger partial charge on any atom is -0.340 e. The summed E-state index contributed by atoms with van der Waals surface area (Å²) in [6, 6.07) is 9.40. The number of nitrogens with zero attached hydrogens (tertiary/aromatic N) is 3. The highest BCUT2D eigenvalue weighted by molar-refractivity contribution is 5.94. The molecule has 3 aliphatic heterocycles. The molecule has 156 valence electrons. The van der Waals surface area contributed by atoms with Gasteiger partial charge in [-0.1, -0.05) is 18.2 Å². The Kier molecular flexibility index (Phi) is 6.13. The molecule has 3 saturated heterocycles. The van der Waals surface area contributed by atoms with E-state index >= 15 is 0 Å². The zero-order chi connectivity index (χ0) is 20.2. The van der Waals surface area contributed by atoms with Gasteiger partial charge in [-0.3, -0.25) is 14.4 Å². The van der Waals surface area contributed by atoms with Crippen molar-refractivity contribution in [2.24, 2.45) is 5.92 Å². The Bertz CT molecular complexity index is 754. The number of benzene rings is 1. The van der Waals surface area contributed by atoms with Gasteiger partial charge in [-0.25, -0.2) is 0 Å². The Hall–Kier alpha value is -2.41. The molecule has 0 spiro atoms. The molecule has 3 heterocycles. The van der Waals surface area contributed by atoms with E-state index in [4.69, 9.17) is 0 Å². The Balaban J connectivity index is 1.38. The van der Waals surface area contributed by atoms with Crippen molar-refractivity contribution in [2.75, 3.05) is 45.8 Å².